The second-order valence-corrected chi connectivity index (χ2v) is 3.47. The Bertz CT molecular complexity index is 434. The Morgan fingerprint density at radius 3 is 2.93 bits per heavy atom. The molecule has 0 aromatic heterocycles. The number of halogens is 1. The number of nitrogen functional groups attached to an aromatic ring is 1. The molecule has 1 atom stereocenters. The van der Waals surface area contributed by atoms with Crippen LogP contribution in [0.1, 0.15) is 29.2 Å². The lowest BCUT2D eigenvalue weighted by molar-refractivity contribution is 0.618. The van der Waals surface area contributed by atoms with E-state index in [1.165, 1.54) is 6.07 Å². The molecule has 0 unspecified atom stereocenters. The van der Waals surface area contributed by atoms with Crippen molar-refractivity contribution in [1.82, 2.24) is 0 Å². The Hall–Kier alpha value is -1.60. The Morgan fingerprint density at radius 2 is 2.29 bits per heavy atom. The third-order valence-electron chi connectivity index (χ3n) is 2.65. The summed E-state index contributed by atoms with van der Waals surface area (Å²) >= 11 is 0. The lowest BCUT2D eigenvalue weighted by Crippen LogP contribution is -2.09. The van der Waals surface area contributed by atoms with E-state index in [4.69, 9.17) is 16.7 Å². The van der Waals surface area contributed by atoms with Gasteiger partial charge in [-0.25, -0.2) is 4.39 Å². The highest BCUT2D eigenvalue weighted by Crippen LogP contribution is 2.36. The summed E-state index contributed by atoms with van der Waals surface area (Å²) in [7, 11) is 0. The van der Waals surface area contributed by atoms with Crippen LogP contribution in [0.25, 0.3) is 0 Å². The van der Waals surface area contributed by atoms with Crippen LogP contribution in [0.3, 0.4) is 0 Å². The predicted octanol–water partition coefficient (Wildman–Crippen LogP) is 1.23. The third kappa shape index (κ3) is 1.06. The van der Waals surface area contributed by atoms with Crippen LogP contribution in [0.2, 0.25) is 0 Å². The quantitative estimate of drug-likeness (QED) is 0.605. The van der Waals surface area contributed by atoms with Crippen LogP contribution >= 0.6 is 0 Å². The zero-order chi connectivity index (χ0) is 10.3. The minimum Gasteiger partial charge on any atom is -0.398 e. The van der Waals surface area contributed by atoms with Gasteiger partial charge in [-0.3, -0.25) is 0 Å². The zero-order valence-corrected chi connectivity index (χ0v) is 7.55. The molecule has 1 aromatic carbocycles. The highest BCUT2D eigenvalue weighted by atomic mass is 19.1. The van der Waals surface area contributed by atoms with Crippen molar-refractivity contribution in [2.45, 2.75) is 18.9 Å². The lowest BCUT2D eigenvalue weighted by Gasteiger charge is -2.09. The van der Waals surface area contributed by atoms with E-state index in [2.05, 4.69) is 0 Å². The van der Waals surface area contributed by atoms with Crippen LogP contribution < -0.4 is 11.5 Å². The molecule has 2 rings (SSSR count). The van der Waals surface area contributed by atoms with Gasteiger partial charge in [-0.2, -0.15) is 5.26 Å². The van der Waals surface area contributed by atoms with Gasteiger partial charge >= 0.3 is 0 Å². The van der Waals surface area contributed by atoms with Crippen LogP contribution in [-0.2, 0) is 6.42 Å². The van der Waals surface area contributed by atoms with E-state index < -0.39 is 5.82 Å². The summed E-state index contributed by atoms with van der Waals surface area (Å²) in [6, 6.07) is 2.79. The summed E-state index contributed by atoms with van der Waals surface area (Å²) in [6.45, 7) is 0. The third-order valence-corrected chi connectivity index (χ3v) is 2.65. The molecule has 0 aliphatic heterocycles. The highest BCUT2D eigenvalue weighted by molar-refractivity contribution is 5.60. The molecule has 4 heteroatoms. The summed E-state index contributed by atoms with van der Waals surface area (Å²) in [5.74, 6) is -0.568. The van der Waals surface area contributed by atoms with Crippen molar-refractivity contribution < 1.29 is 4.39 Å². The number of hydrogen-bond donors (Lipinski definition) is 2. The smallest absolute Gasteiger partial charge is 0.143 e. The normalized spacial score (nSPS) is 19.1. The van der Waals surface area contributed by atoms with E-state index in [1.54, 1.807) is 0 Å². The van der Waals surface area contributed by atoms with Gasteiger partial charge < -0.3 is 11.5 Å². The maximum absolute atomic E-state index is 13.3. The molecule has 0 radical (unpaired) electrons. The molecule has 1 aromatic rings. The second-order valence-electron chi connectivity index (χ2n) is 3.47. The van der Waals surface area contributed by atoms with Gasteiger partial charge in [0.15, 0.2) is 0 Å². The van der Waals surface area contributed by atoms with Crippen molar-refractivity contribution >= 4 is 5.69 Å². The molecule has 3 nitrogen and oxygen atoms in total. The van der Waals surface area contributed by atoms with E-state index in [0.29, 0.717) is 11.3 Å². The second kappa shape index (κ2) is 2.96. The number of nitrogens with zero attached hydrogens (tertiary/aromatic N) is 1. The highest BCUT2D eigenvalue weighted by Gasteiger charge is 2.26. The molecule has 0 saturated heterocycles. The van der Waals surface area contributed by atoms with Crippen molar-refractivity contribution in [3.05, 3.63) is 28.6 Å². The molecule has 72 valence electrons. The summed E-state index contributed by atoms with van der Waals surface area (Å²) in [6.07, 6.45) is 1.47. The largest absolute Gasteiger partial charge is 0.398 e. The Kier molecular flexibility index (Phi) is 1.90. The first-order valence-corrected chi connectivity index (χ1v) is 4.41. The van der Waals surface area contributed by atoms with E-state index in [0.717, 1.165) is 18.4 Å². The molecule has 1 aliphatic carbocycles. The van der Waals surface area contributed by atoms with Crippen molar-refractivity contribution in [2.75, 3.05) is 5.73 Å². The van der Waals surface area contributed by atoms with Gasteiger partial charge in [-0.05, 0) is 30.0 Å². The number of hydrogen-bond acceptors (Lipinski definition) is 3. The number of rotatable bonds is 0. The molecule has 0 spiro atoms. The minimum atomic E-state index is -0.568. The number of fused-ring (bicyclic) bond motifs is 1. The van der Waals surface area contributed by atoms with Gasteiger partial charge in [0.25, 0.3) is 0 Å². The van der Waals surface area contributed by atoms with Crippen molar-refractivity contribution in [1.29, 1.82) is 5.26 Å². The number of benzene rings is 1. The molecular formula is C10H10FN3. The first-order chi connectivity index (χ1) is 6.65. The Labute approximate surface area is 81.1 Å². The SMILES string of the molecule is N#Cc1c(F)cc(N)c2c1[C@@H](N)CC2. The van der Waals surface area contributed by atoms with Crippen molar-refractivity contribution in [3.8, 4) is 6.07 Å². The lowest BCUT2D eigenvalue weighted by atomic mass is 10.00. The molecule has 4 N–H and O–H groups in total. The average molecular weight is 191 g/mol. The molecular weight excluding hydrogens is 181 g/mol. The van der Waals surface area contributed by atoms with Gasteiger partial charge in [0.2, 0.25) is 0 Å². The standard InChI is InChI=1S/C10H10FN3/c11-7-3-9(14)5-1-2-8(13)10(5)6(7)4-12/h3,8H,1-2,13-14H2/t8-/m0/s1. The first kappa shape index (κ1) is 8.97. The molecule has 0 fully saturated rings. The predicted molar refractivity (Wildman–Crippen MR) is 50.8 cm³/mol. The first-order valence-electron chi connectivity index (χ1n) is 4.41. The fourth-order valence-electron chi connectivity index (χ4n) is 1.98. The summed E-state index contributed by atoms with van der Waals surface area (Å²) < 4.78 is 13.3. The van der Waals surface area contributed by atoms with Crippen LogP contribution in [0, 0.1) is 17.1 Å². The maximum atomic E-state index is 13.3. The average Bonchev–Trinajstić information content (AvgIpc) is 2.50. The summed E-state index contributed by atoms with van der Waals surface area (Å²) in [4.78, 5) is 0. The van der Waals surface area contributed by atoms with E-state index in [9.17, 15) is 4.39 Å². The van der Waals surface area contributed by atoms with Crippen LogP contribution in [0.4, 0.5) is 10.1 Å². The summed E-state index contributed by atoms with van der Waals surface area (Å²) in [5, 5.41) is 8.80. The number of nitrogens with two attached hydrogens (primary N) is 2. The molecule has 1 aliphatic rings. The maximum Gasteiger partial charge on any atom is 0.143 e. The van der Waals surface area contributed by atoms with Crippen molar-refractivity contribution in [3.63, 3.8) is 0 Å². The molecule has 0 amide bonds. The van der Waals surface area contributed by atoms with Gasteiger partial charge in [0.1, 0.15) is 11.9 Å². The van der Waals surface area contributed by atoms with Crippen molar-refractivity contribution in [2.24, 2.45) is 5.73 Å². The van der Waals surface area contributed by atoms with Crippen LogP contribution in [-0.4, -0.2) is 0 Å². The van der Waals surface area contributed by atoms with E-state index in [1.807, 2.05) is 6.07 Å². The van der Waals surface area contributed by atoms with Gasteiger partial charge in [0.05, 0.1) is 5.56 Å². The molecule has 0 bridgehead atoms. The van der Waals surface area contributed by atoms with E-state index in [-0.39, 0.29) is 11.6 Å². The van der Waals surface area contributed by atoms with Crippen LogP contribution in [0.5, 0.6) is 0 Å². The van der Waals surface area contributed by atoms with Gasteiger partial charge in [-0.1, -0.05) is 0 Å². The molecule has 0 saturated carbocycles. The topological polar surface area (TPSA) is 75.8 Å². The Balaban J connectivity index is 2.76. The molecule has 0 heterocycles. The Morgan fingerprint density at radius 1 is 1.57 bits per heavy atom. The zero-order valence-electron chi connectivity index (χ0n) is 7.55. The van der Waals surface area contributed by atoms with Crippen LogP contribution in [0.15, 0.2) is 6.07 Å². The fraction of sp³-hybridized carbons (Fsp3) is 0.300. The monoisotopic (exact) mass is 191 g/mol. The van der Waals surface area contributed by atoms with Gasteiger partial charge in [-0.15, -0.1) is 0 Å². The number of anilines is 1. The fourth-order valence-corrected chi connectivity index (χ4v) is 1.98. The van der Waals surface area contributed by atoms with E-state index >= 15 is 0 Å². The van der Waals surface area contributed by atoms with Gasteiger partial charge in [0, 0.05) is 11.7 Å². The molecule has 14 heavy (non-hydrogen) atoms. The minimum absolute atomic E-state index is 0.0548. The number of nitriles is 1. The summed E-state index contributed by atoms with van der Waals surface area (Å²) in [5.41, 5.74) is 13.3.